The lowest BCUT2D eigenvalue weighted by Gasteiger charge is -2.20. The van der Waals surface area contributed by atoms with E-state index in [1.54, 1.807) is 20.8 Å². The molecule has 0 aromatic carbocycles. The third-order valence-corrected chi connectivity index (χ3v) is 3.11. The zero-order valence-electron chi connectivity index (χ0n) is 10.8. The Kier molecular flexibility index (Phi) is 4.90. The van der Waals surface area contributed by atoms with Gasteiger partial charge in [-0.3, -0.25) is 9.59 Å². The number of hydrogen-bond donors (Lipinski definition) is 1. The molecule has 0 saturated heterocycles. The summed E-state index contributed by atoms with van der Waals surface area (Å²) < 4.78 is 5.14. The fourth-order valence-electron chi connectivity index (χ4n) is 1.50. The summed E-state index contributed by atoms with van der Waals surface area (Å²) in [7, 11) is 0. The highest BCUT2D eigenvalue weighted by molar-refractivity contribution is 7.09. The number of esters is 1. The number of aliphatic carboxylic acids is 1. The molecule has 1 aromatic rings. The van der Waals surface area contributed by atoms with Gasteiger partial charge in [0.05, 0.1) is 12.3 Å². The van der Waals surface area contributed by atoms with E-state index in [9.17, 15) is 9.59 Å². The SMILES string of the molecule is CC(C)(C)OC(=O)C[C@@H](Cc1cccs1)C(=O)O. The Balaban J connectivity index is 2.58. The lowest BCUT2D eigenvalue weighted by Crippen LogP contribution is -2.28. The minimum Gasteiger partial charge on any atom is -0.481 e. The lowest BCUT2D eigenvalue weighted by atomic mass is 10.0. The molecule has 1 N–H and O–H groups in total. The van der Waals surface area contributed by atoms with Crippen LogP contribution in [0.2, 0.25) is 0 Å². The van der Waals surface area contributed by atoms with Gasteiger partial charge < -0.3 is 9.84 Å². The number of carbonyl (C=O) groups is 2. The molecule has 4 nitrogen and oxygen atoms in total. The maximum atomic E-state index is 11.6. The first kappa shape index (κ1) is 14.7. The van der Waals surface area contributed by atoms with Gasteiger partial charge in [0.15, 0.2) is 0 Å². The topological polar surface area (TPSA) is 63.6 Å². The van der Waals surface area contributed by atoms with Crippen LogP contribution in [0.25, 0.3) is 0 Å². The van der Waals surface area contributed by atoms with E-state index in [1.165, 1.54) is 11.3 Å². The maximum Gasteiger partial charge on any atom is 0.307 e. The van der Waals surface area contributed by atoms with Crippen molar-refractivity contribution in [1.29, 1.82) is 0 Å². The molecule has 0 aliphatic carbocycles. The number of rotatable bonds is 5. The van der Waals surface area contributed by atoms with Crippen molar-refractivity contribution in [3.8, 4) is 0 Å². The van der Waals surface area contributed by atoms with Crippen molar-refractivity contribution in [2.45, 2.75) is 39.2 Å². The Bertz CT molecular complexity index is 403. The smallest absolute Gasteiger partial charge is 0.307 e. The number of carboxylic acid groups (broad SMARTS) is 1. The number of carboxylic acids is 1. The Morgan fingerprint density at radius 3 is 2.56 bits per heavy atom. The summed E-state index contributed by atoms with van der Waals surface area (Å²) in [4.78, 5) is 23.7. The Labute approximate surface area is 111 Å². The van der Waals surface area contributed by atoms with Crippen LogP contribution in [0.1, 0.15) is 32.1 Å². The van der Waals surface area contributed by atoms with Crippen LogP contribution in [0.5, 0.6) is 0 Å². The van der Waals surface area contributed by atoms with E-state index < -0.39 is 23.5 Å². The molecule has 0 saturated carbocycles. The van der Waals surface area contributed by atoms with Gasteiger partial charge in [-0.05, 0) is 38.6 Å². The molecule has 100 valence electrons. The molecular weight excluding hydrogens is 252 g/mol. The molecule has 0 bridgehead atoms. The van der Waals surface area contributed by atoms with Crippen LogP contribution in [0.4, 0.5) is 0 Å². The minimum absolute atomic E-state index is 0.0928. The second kappa shape index (κ2) is 6.00. The molecule has 0 radical (unpaired) electrons. The van der Waals surface area contributed by atoms with Gasteiger partial charge in [-0.15, -0.1) is 11.3 Å². The first-order chi connectivity index (χ1) is 8.28. The van der Waals surface area contributed by atoms with Crippen molar-refractivity contribution < 1.29 is 19.4 Å². The Hall–Kier alpha value is -1.36. The van der Waals surface area contributed by atoms with Crippen molar-refractivity contribution in [1.82, 2.24) is 0 Å². The highest BCUT2D eigenvalue weighted by Crippen LogP contribution is 2.19. The van der Waals surface area contributed by atoms with Crippen LogP contribution < -0.4 is 0 Å². The van der Waals surface area contributed by atoms with E-state index in [2.05, 4.69) is 0 Å². The Morgan fingerprint density at radius 2 is 2.11 bits per heavy atom. The number of ether oxygens (including phenoxy) is 1. The van der Waals surface area contributed by atoms with Gasteiger partial charge in [0.25, 0.3) is 0 Å². The molecule has 1 rings (SSSR count). The zero-order chi connectivity index (χ0) is 13.8. The van der Waals surface area contributed by atoms with Crippen LogP contribution in [0.3, 0.4) is 0 Å². The van der Waals surface area contributed by atoms with Gasteiger partial charge in [-0.2, -0.15) is 0 Å². The number of hydrogen-bond acceptors (Lipinski definition) is 4. The largest absolute Gasteiger partial charge is 0.481 e. The fourth-order valence-corrected chi connectivity index (χ4v) is 2.29. The summed E-state index contributed by atoms with van der Waals surface area (Å²) in [6.45, 7) is 5.29. The number of carbonyl (C=O) groups excluding carboxylic acids is 1. The highest BCUT2D eigenvalue weighted by Gasteiger charge is 2.25. The van der Waals surface area contributed by atoms with Crippen molar-refractivity contribution in [2.24, 2.45) is 5.92 Å². The van der Waals surface area contributed by atoms with Crippen LogP contribution >= 0.6 is 11.3 Å². The standard InChI is InChI=1S/C13H18O4S/c1-13(2,3)17-11(14)8-9(12(15)16)7-10-5-4-6-18-10/h4-6,9H,7-8H2,1-3H3,(H,15,16)/t9-/m1/s1. The predicted molar refractivity (Wildman–Crippen MR) is 69.6 cm³/mol. The summed E-state index contributed by atoms with van der Waals surface area (Å²) in [5.41, 5.74) is -0.580. The van der Waals surface area contributed by atoms with Crippen molar-refractivity contribution >= 4 is 23.3 Å². The quantitative estimate of drug-likeness (QED) is 0.836. The molecule has 18 heavy (non-hydrogen) atoms. The van der Waals surface area contributed by atoms with Gasteiger partial charge in [0.1, 0.15) is 5.60 Å². The molecule has 5 heteroatoms. The summed E-state index contributed by atoms with van der Waals surface area (Å²) >= 11 is 1.49. The van der Waals surface area contributed by atoms with Crippen LogP contribution in [-0.2, 0) is 20.7 Å². The average molecular weight is 270 g/mol. The van der Waals surface area contributed by atoms with E-state index in [0.29, 0.717) is 6.42 Å². The molecular formula is C13H18O4S. The van der Waals surface area contributed by atoms with Crippen molar-refractivity contribution in [2.75, 3.05) is 0 Å². The van der Waals surface area contributed by atoms with E-state index in [4.69, 9.17) is 9.84 Å². The summed E-state index contributed by atoms with van der Waals surface area (Å²) in [5, 5.41) is 11.0. The monoisotopic (exact) mass is 270 g/mol. The fraction of sp³-hybridized carbons (Fsp3) is 0.538. The van der Waals surface area contributed by atoms with E-state index >= 15 is 0 Å². The molecule has 1 aromatic heterocycles. The molecule has 1 atom stereocenters. The maximum absolute atomic E-state index is 11.6. The second-order valence-corrected chi connectivity index (χ2v) is 6.14. The molecule has 0 spiro atoms. The van der Waals surface area contributed by atoms with E-state index in [1.807, 2.05) is 17.5 Å². The molecule has 0 aliphatic heterocycles. The molecule has 0 unspecified atom stereocenters. The highest BCUT2D eigenvalue weighted by atomic mass is 32.1. The first-order valence-corrected chi connectivity index (χ1v) is 6.63. The van der Waals surface area contributed by atoms with E-state index in [0.717, 1.165) is 4.88 Å². The summed E-state index contributed by atoms with van der Waals surface area (Å²) in [5.74, 6) is -2.15. The average Bonchev–Trinajstić information content (AvgIpc) is 2.66. The molecule has 0 fully saturated rings. The minimum atomic E-state index is -0.964. The number of thiophene rings is 1. The predicted octanol–water partition coefficient (Wildman–Crippen LogP) is 2.72. The summed E-state index contributed by atoms with van der Waals surface area (Å²) in [6, 6.07) is 3.74. The van der Waals surface area contributed by atoms with Gasteiger partial charge in [0.2, 0.25) is 0 Å². The molecule has 1 heterocycles. The van der Waals surface area contributed by atoms with Crippen LogP contribution in [0, 0.1) is 5.92 Å². The lowest BCUT2D eigenvalue weighted by molar-refractivity contribution is -0.159. The van der Waals surface area contributed by atoms with Gasteiger partial charge in [-0.25, -0.2) is 0 Å². The van der Waals surface area contributed by atoms with Gasteiger partial charge in [-0.1, -0.05) is 6.07 Å². The first-order valence-electron chi connectivity index (χ1n) is 5.75. The molecule has 0 amide bonds. The third-order valence-electron chi connectivity index (χ3n) is 2.21. The third kappa shape index (κ3) is 5.31. The van der Waals surface area contributed by atoms with E-state index in [-0.39, 0.29) is 6.42 Å². The van der Waals surface area contributed by atoms with Gasteiger partial charge >= 0.3 is 11.9 Å². The Morgan fingerprint density at radius 1 is 1.44 bits per heavy atom. The van der Waals surface area contributed by atoms with Crippen LogP contribution in [-0.4, -0.2) is 22.6 Å². The van der Waals surface area contributed by atoms with Crippen molar-refractivity contribution in [3.63, 3.8) is 0 Å². The van der Waals surface area contributed by atoms with Crippen molar-refractivity contribution in [3.05, 3.63) is 22.4 Å². The van der Waals surface area contributed by atoms with Gasteiger partial charge in [0, 0.05) is 4.88 Å². The van der Waals surface area contributed by atoms with Crippen LogP contribution in [0.15, 0.2) is 17.5 Å². The normalized spacial score (nSPS) is 13.1. The second-order valence-electron chi connectivity index (χ2n) is 5.11. The zero-order valence-corrected chi connectivity index (χ0v) is 11.6. The summed E-state index contributed by atoms with van der Waals surface area (Å²) in [6.07, 6.45) is 0.275. The molecule has 0 aliphatic rings.